The van der Waals surface area contributed by atoms with Crippen molar-refractivity contribution in [1.82, 2.24) is 0 Å². The van der Waals surface area contributed by atoms with Gasteiger partial charge in [0.1, 0.15) is 6.10 Å². The molecule has 0 saturated carbocycles. The molecule has 1 aromatic rings. The number of hydrogen-bond donors (Lipinski definition) is 2. The van der Waals surface area contributed by atoms with Crippen LogP contribution in [0.4, 0.5) is 13.2 Å². The van der Waals surface area contributed by atoms with E-state index in [0.717, 1.165) is 12.1 Å². The molecule has 3 nitrogen and oxygen atoms in total. The molecule has 1 rings (SSSR count). The van der Waals surface area contributed by atoms with Gasteiger partial charge in [0.05, 0.1) is 11.1 Å². The van der Waals surface area contributed by atoms with E-state index in [0.29, 0.717) is 6.42 Å². The van der Waals surface area contributed by atoms with E-state index in [9.17, 15) is 23.1 Å². The molecule has 0 aliphatic rings. The lowest BCUT2D eigenvalue weighted by Crippen LogP contribution is -2.16. The Kier molecular flexibility index (Phi) is 4.72. The molecule has 0 bridgehead atoms. The average Bonchev–Trinajstić information content (AvgIpc) is 2.33. The third kappa shape index (κ3) is 3.57. The topological polar surface area (TPSA) is 57.5 Å². The Morgan fingerprint density at radius 3 is 2.42 bits per heavy atom. The maximum Gasteiger partial charge on any atom is 0.416 e. The Labute approximate surface area is 108 Å². The number of benzene rings is 1. The van der Waals surface area contributed by atoms with Crippen LogP contribution in [0.1, 0.15) is 30.6 Å². The van der Waals surface area contributed by atoms with E-state index in [1.165, 1.54) is 18.2 Å². The van der Waals surface area contributed by atoms with Crippen molar-refractivity contribution in [3.05, 3.63) is 47.0 Å². The van der Waals surface area contributed by atoms with Crippen LogP contribution >= 0.6 is 0 Å². The van der Waals surface area contributed by atoms with Gasteiger partial charge in [-0.05, 0) is 18.1 Å². The fraction of sp³-hybridized carbons (Fsp3) is 0.308. The van der Waals surface area contributed by atoms with Crippen molar-refractivity contribution < 1.29 is 28.2 Å². The Bertz CT molecular complexity index is 492. The fourth-order valence-electron chi connectivity index (χ4n) is 1.70. The summed E-state index contributed by atoms with van der Waals surface area (Å²) in [7, 11) is 0. The summed E-state index contributed by atoms with van der Waals surface area (Å²) >= 11 is 0. The monoisotopic (exact) mass is 274 g/mol. The van der Waals surface area contributed by atoms with Crippen LogP contribution in [0.15, 0.2) is 35.9 Å². The number of allylic oxidation sites excluding steroid dienone is 1. The van der Waals surface area contributed by atoms with Crippen LogP contribution in [0.25, 0.3) is 0 Å². The van der Waals surface area contributed by atoms with Crippen molar-refractivity contribution in [1.29, 1.82) is 0 Å². The van der Waals surface area contributed by atoms with Crippen LogP contribution in [-0.2, 0) is 11.0 Å². The zero-order valence-electron chi connectivity index (χ0n) is 10.1. The van der Waals surface area contributed by atoms with Gasteiger partial charge in [0.25, 0.3) is 0 Å². The van der Waals surface area contributed by atoms with Gasteiger partial charge in [-0.1, -0.05) is 31.2 Å². The first kappa shape index (κ1) is 15.2. The number of halogens is 3. The van der Waals surface area contributed by atoms with E-state index in [1.807, 2.05) is 0 Å². The fourth-order valence-corrected chi connectivity index (χ4v) is 1.70. The minimum atomic E-state index is -4.65. The van der Waals surface area contributed by atoms with Gasteiger partial charge in [-0.25, -0.2) is 4.79 Å². The summed E-state index contributed by atoms with van der Waals surface area (Å²) in [6, 6.07) is 4.38. The molecule has 1 unspecified atom stereocenters. The molecule has 0 fully saturated rings. The lowest BCUT2D eigenvalue weighted by molar-refractivity contribution is -0.140. The third-order valence-corrected chi connectivity index (χ3v) is 2.53. The molecule has 0 saturated heterocycles. The molecule has 0 aromatic heterocycles. The smallest absolute Gasteiger partial charge is 0.416 e. The zero-order valence-corrected chi connectivity index (χ0v) is 10.1. The van der Waals surface area contributed by atoms with Crippen LogP contribution in [0.5, 0.6) is 0 Å². The van der Waals surface area contributed by atoms with Crippen molar-refractivity contribution in [2.24, 2.45) is 0 Å². The summed E-state index contributed by atoms with van der Waals surface area (Å²) in [5.74, 6) is -1.44. The SMILES string of the molecule is CCC=C(C(=O)O)C(O)c1ccccc1C(F)(F)F. The van der Waals surface area contributed by atoms with Crippen LogP contribution in [0.2, 0.25) is 0 Å². The number of aliphatic carboxylic acids is 1. The van der Waals surface area contributed by atoms with E-state index >= 15 is 0 Å². The molecular weight excluding hydrogens is 261 g/mol. The normalized spacial score (nSPS) is 14.3. The number of carbonyl (C=O) groups is 1. The highest BCUT2D eigenvalue weighted by Crippen LogP contribution is 2.36. The first-order valence-electron chi connectivity index (χ1n) is 5.56. The first-order valence-corrected chi connectivity index (χ1v) is 5.56. The van der Waals surface area contributed by atoms with Crippen molar-refractivity contribution in [3.8, 4) is 0 Å². The summed E-state index contributed by atoms with van der Waals surface area (Å²) in [5.41, 5.74) is -1.96. The highest BCUT2D eigenvalue weighted by molar-refractivity contribution is 5.88. The van der Waals surface area contributed by atoms with E-state index in [2.05, 4.69) is 0 Å². The molecule has 0 aliphatic heterocycles. The lowest BCUT2D eigenvalue weighted by Gasteiger charge is -2.18. The number of carboxylic acids is 1. The van der Waals surface area contributed by atoms with Crippen LogP contribution < -0.4 is 0 Å². The summed E-state index contributed by atoms with van der Waals surface area (Å²) in [6.07, 6.45) is -4.96. The predicted octanol–water partition coefficient (Wildman–Crippen LogP) is 3.16. The molecule has 0 amide bonds. The zero-order chi connectivity index (χ0) is 14.6. The van der Waals surface area contributed by atoms with Crippen molar-refractivity contribution in [3.63, 3.8) is 0 Å². The lowest BCUT2D eigenvalue weighted by atomic mass is 9.96. The third-order valence-electron chi connectivity index (χ3n) is 2.53. The average molecular weight is 274 g/mol. The summed E-state index contributed by atoms with van der Waals surface area (Å²) in [6.45, 7) is 1.63. The number of aliphatic hydroxyl groups excluding tert-OH is 1. The highest BCUT2D eigenvalue weighted by Gasteiger charge is 2.36. The molecule has 2 N–H and O–H groups in total. The molecular formula is C13H13F3O3. The molecule has 1 atom stereocenters. The molecule has 19 heavy (non-hydrogen) atoms. The van der Waals surface area contributed by atoms with E-state index < -0.39 is 34.9 Å². The molecule has 0 aliphatic carbocycles. The summed E-state index contributed by atoms with van der Waals surface area (Å²) in [4.78, 5) is 11.0. The second-order valence-electron chi connectivity index (χ2n) is 3.86. The predicted molar refractivity (Wildman–Crippen MR) is 62.4 cm³/mol. The second kappa shape index (κ2) is 5.88. The molecule has 0 radical (unpaired) electrons. The Morgan fingerprint density at radius 2 is 1.95 bits per heavy atom. The van der Waals surface area contributed by atoms with Gasteiger partial charge >= 0.3 is 12.1 Å². The minimum absolute atomic E-state index is 0.298. The largest absolute Gasteiger partial charge is 0.478 e. The molecule has 104 valence electrons. The van der Waals surface area contributed by atoms with Crippen molar-refractivity contribution >= 4 is 5.97 Å². The second-order valence-corrected chi connectivity index (χ2v) is 3.86. The quantitative estimate of drug-likeness (QED) is 0.829. The molecule has 1 aromatic carbocycles. The maximum absolute atomic E-state index is 12.8. The van der Waals surface area contributed by atoms with Crippen LogP contribution in [0.3, 0.4) is 0 Å². The van der Waals surface area contributed by atoms with Gasteiger partial charge in [0.2, 0.25) is 0 Å². The first-order chi connectivity index (χ1) is 8.79. The standard InChI is InChI=1S/C13H13F3O3/c1-2-5-9(12(18)19)11(17)8-6-3-4-7-10(8)13(14,15)16/h3-7,11,17H,2H2,1H3,(H,18,19). The number of rotatable bonds is 4. The van der Waals surface area contributed by atoms with E-state index in [1.54, 1.807) is 6.92 Å². The Balaban J connectivity index is 3.30. The number of aliphatic hydroxyl groups is 1. The van der Waals surface area contributed by atoms with Gasteiger partial charge < -0.3 is 10.2 Å². The number of hydrogen-bond acceptors (Lipinski definition) is 2. The molecule has 0 heterocycles. The van der Waals surface area contributed by atoms with Gasteiger partial charge in [-0.3, -0.25) is 0 Å². The summed E-state index contributed by atoms with van der Waals surface area (Å²) in [5, 5.41) is 18.8. The van der Waals surface area contributed by atoms with Gasteiger partial charge in [0.15, 0.2) is 0 Å². The summed E-state index contributed by atoms with van der Waals surface area (Å²) < 4.78 is 38.3. The van der Waals surface area contributed by atoms with Crippen molar-refractivity contribution in [2.75, 3.05) is 0 Å². The van der Waals surface area contributed by atoms with Crippen molar-refractivity contribution in [2.45, 2.75) is 25.6 Å². The highest BCUT2D eigenvalue weighted by atomic mass is 19.4. The van der Waals surface area contributed by atoms with E-state index in [-0.39, 0.29) is 0 Å². The number of carboxylic acid groups (broad SMARTS) is 1. The van der Waals surface area contributed by atoms with Gasteiger partial charge in [-0.2, -0.15) is 13.2 Å². The number of alkyl halides is 3. The Morgan fingerprint density at radius 1 is 1.37 bits per heavy atom. The molecule has 6 heteroatoms. The Hall–Kier alpha value is -1.82. The molecule has 0 spiro atoms. The minimum Gasteiger partial charge on any atom is -0.478 e. The van der Waals surface area contributed by atoms with E-state index in [4.69, 9.17) is 5.11 Å². The maximum atomic E-state index is 12.8. The van der Waals surface area contributed by atoms with Crippen LogP contribution in [-0.4, -0.2) is 16.2 Å². The van der Waals surface area contributed by atoms with Crippen LogP contribution in [0, 0.1) is 0 Å². The van der Waals surface area contributed by atoms with Gasteiger partial charge in [0, 0.05) is 0 Å². The van der Waals surface area contributed by atoms with Gasteiger partial charge in [-0.15, -0.1) is 0 Å².